The zero-order valence-electron chi connectivity index (χ0n) is 18.5. The van der Waals surface area contributed by atoms with Gasteiger partial charge in [-0.2, -0.15) is 0 Å². The third-order valence-corrected chi connectivity index (χ3v) is 6.82. The highest BCUT2D eigenvalue weighted by molar-refractivity contribution is 5.82. The van der Waals surface area contributed by atoms with E-state index in [2.05, 4.69) is 32.1 Å². The molecule has 31 heavy (non-hydrogen) atoms. The molecule has 8 nitrogen and oxygen atoms in total. The van der Waals surface area contributed by atoms with Gasteiger partial charge in [-0.05, 0) is 43.5 Å². The average Bonchev–Trinajstić information content (AvgIpc) is 3.22. The number of amides is 1. The molecule has 1 aromatic carbocycles. The largest absolute Gasteiger partial charge is 0.497 e. The van der Waals surface area contributed by atoms with Crippen LogP contribution < -0.4 is 15.0 Å². The minimum Gasteiger partial charge on any atom is -0.497 e. The van der Waals surface area contributed by atoms with Gasteiger partial charge in [0, 0.05) is 70.8 Å². The zero-order valence-corrected chi connectivity index (χ0v) is 18.5. The maximum Gasteiger partial charge on any atom is 0.237 e. The Balaban J connectivity index is 1.19. The van der Waals surface area contributed by atoms with Gasteiger partial charge < -0.3 is 24.8 Å². The van der Waals surface area contributed by atoms with E-state index in [-0.39, 0.29) is 11.9 Å². The lowest BCUT2D eigenvalue weighted by Gasteiger charge is -2.36. The number of nitrogens with zero attached hydrogens (tertiary/aromatic N) is 3. The highest BCUT2D eigenvalue weighted by atomic mass is 16.5. The molecular formula is C23H36N4O4. The molecule has 3 heterocycles. The quantitative estimate of drug-likeness (QED) is 0.652. The summed E-state index contributed by atoms with van der Waals surface area (Å²) < 4.78 is 10.7. The number of ether oxygens (including phenoxy) is 2. The molecule has 2 atom stereocenters. The van der Waals surface area contributed by atoms with E-state index in [1.165, 1.54) is 5.69 Å². The number of hydrogen-bond acceptors (Lipinski definition) is 7. The molecule has 0 radical (unpaired) electrons. The van der Waals surface area contributed by atoms with Gasteiger partial charge in [0.1, 0.15) is 5.75 Å². The van der Waals surface area contributed by atoms with Crippen molar-refractivity contribution in [3.8, 4) is 5.75 Å². The lowest BCUT2D eigenvalue weighted by molar-refractivity contribution is -0.127. The lowest BCUT2D eigenvalue weighted by atomic mass is 10.1. The minimum absolute atomic E-state index is 0.0555. The van der Waals surface area contributed by atoms with Crippen molar-refractivity contribution < 1.29 is 19.4 Å². The Morgan fingerprint density at radius 3 is 2.55 bits per heavy atom. The molecule has 3 aliphatic rings. The van der Waals surface area contributed by atoms with Crippen LogP contribution in [-0.4, -0.2) is 105 Å². The Kier molecular flexibility index (Phi) is 7.66. The monoisotopic (exact) mass is 432 g/mol. The molecule has 0 unspecified atom stereocenters. The molecule has 2 N–H and O–H groups in total. The van der Waals surface area contributed by atoms with Gasteiger partial charge in [0.05, 0.1) is 19.3 Å². The molecule has 172 valence electrons. The molecular weight excluding hydrogens is 396 g/mol. The maximum absolute atomic E-state index is 12.8. The number of piperazine rings is 1. The first-order valence-corrected chi connectivity index (χ1v) is 11.5. The number of aliphatic hydroxyl groups is 1. The number of aliphatic hydroxyl groups excluding tert-OH is 1. The Labute approximate surface area is 185 Å². The van der Waals surface area contributed by atoms with E-state index < -0.39 is 6.10 Å². The second-order valence-electron chi connectivity index (χ2n) is 8.76. The third kappa shape index (κ3) is 5.68. The molecule has 3 fully saturated rings. The van der Waals surface area contributed by atoms with E-state index in [4.69, 9.17) is 9.47 Å². The molecule has 1 amide bonds. The molecule has 8 heteroatoms. The smallest absolute Gasteiger partial charge is 0.237 e. The Morgan fingerprint density at radius 2 is 1.87 bits per heavy atom. The average molecular weight is 433 g/mol. The summed E-state index contributed by atoms with van der Waals surface area (Å²) in [6.07, 6.45) is 2.00. The minimum atomic E-state index is -0.412. The van der Waals surface area contributed by atoms with Crippen LogP contribution in [0.5, 0.6) is 5.75 Å². The maximum atomic E-state index is 12.8. The van der Waals surface area contributed by atoms with Crippen molar-refractivity contribution in [1.82, 2.24) is 15.1 Å². The third-order valence-electron chi connectivity index (χ3n) is 6.82. The van der Waals surface area contributed by atoms with Gasteiger partial charge in [0.25, 0.3) is 0 Å². The summed E-state index contributed by atoms with van der Waals surface area (Å²) in [6.45, 7) is 7.51. The second kappa shape index (κ2) is 10.6. The topological polar surface area (TPSA) is 77.5 Å². The van der Waals surface area contributed by atoms with Crippen LogP contribution in [0.4, 0.5) is 5.69 Å². The number of carbonyl (C=O) groups excluding carboxylic acids is 1. The van der Waals surface area contributed by atoms with E-state index in [1.807, 2.05) is 12.1 Å². The SMILES string of the molecule is COc1ccc(N2CCN(CCNC(=O)[C@@H]3C[C@@H](O)CN3C3CCOCC3)CC2)cc1. The summed E-state index contributed by atoms with van der Waals surface area (Å²) in [7, 11) is 1.68. The van der Waals surface area contributed by atoms with Crippen molar-refractivity contribution in [2.24, 2.45) is 0 Å². The molecule has 0 spiro atoms. The molecule has 3 saturated heterocycles. The zero-order chi connectivity index (χ0) is 21.6. The van der Waals surface area contributed by atoms with E-state index >= 15 is 0 Å². The summed E-state index contributed by atoms with van der Waals surface area (Å²) in [5.41, 5.74) is 1.22. The van der Waals surface area contributed by atoms with Gasteiger partial charge in [-0.1, -0.05) is 0 Å². The van der Waals surface area contributed by atoms with Crippen LogP contribution in [0.1, 0.15) is 19.3 Å². The van der Waals surface area contributed by atoms with Gasteiger partial charge in [0.15, 0.2) is 0 Å². The van der Waals surface area contributed by atoms with Crippen LogP contribution >= 0.6 is 0 Å². The Bertz CT molecular complexity index is 702. The van der Waals surface area contributed by atoms with Crippen molar-refractivity contribution in [2.45, 2.75) is 37.5 Å². The molecule has 0 bridgehead atoms. The van der Waals surface area contributed by atoms with Gasteiger partial charge in [-0.25, -0.2) is 0 Å². The van der Waals surface area contributed by atoms with Crippen molar-refractivity contribution in [3.63, 3.8) is 0 Å². The number of methoxy groups -OCH3 is 1. The van der Waals surface area contributed by atoms with Crippen LogP contribution in [0, 0.1) is 0 Å². The van der Waals surface area contributed by atoms with Gasteiger partial charge >= 0.3 is 0 Å². The number of carbonyl (C=O) groups is 1. The van der Waals surface area contributed by atoms with E-state index in [0.29, 0.717) is 25.6 Å². The van der Waals surface area contributed by atoms with E-state index in [0.717, 1.165) is 64.5 Å². The van der Waals surface area contributed by atoms with Crippen molar-refractivity contribution in [2.75, 3.05) is 71.0 Å². The summed E-state index contributed by atoms with van der Waals surface area (Å²) in [6, 6.07) is 8.34. The fourth-order valence-corrected chi connectivity index (χ4v) is 4.99. The van der Waals surface area contributed by atoms with E-state index in [9.17, 15) is 9.90 Å². The highest BCUT2D eigenvalue weighted by Crippen LogP contribution is 2.26. The van der Waals surface area contributed by atoms with Crippen molar-refractivity contribution >= 4 is 11.6 Å². The first-order chi connectivity index (χ1) is 15.1. The van der Waals surface area contributed by atoms with Gasteiger partial charge in [-0.3, -0.25) is 14.6 Å². The van der Waals surface area contributed by atoms with Crippen LogP contribution in [-0.2, 0) is 9.53 Å². The van der Waals surface area contributed by atoms with Crippen LogP contribution in [0.3, 0.4) is 0 Å². The lowest BCUT2D eigenvalue weighted by Crippen LogP contribution is -2.51. The Hall–Kier alpha value is -1.87. The Morgan fingerprint density at radius 1 is 1.16 bits per heavy atom. The molecule has 1 aromatic rings. The number of anilines is 1. The molecule has 0 saturated carbocycles. The second-order valence-corrected chi connectivity index (χ2v) is 8.76. The summed E-state index contributed by atoms with van der Waals surface area (Å²) in [5, 5.41) is 13.3. The van der Waals surface area contributed by atoms with E-state index in [1.54, 1.807) is 7.11 Å². The first-order valence-electron chi connectivity index (χ1n) is 11.5. The normalized spacial score (nSPS) is 26.2. The number of benzene rings is 1. The summed E-state index contributed by atoms with van der Waals surface area (Å²) in [5.74, 6) is 0.934. The molecule has 3 aliphatic heterocycles. The summed E-state index contributed by atoms with van der Waals surface area (Å²) in [4.78, 5) is 19.8. The number of nitrogens with one attached hydrogen (secondary N) is 1. The first kappa shape index (κ1) is 22.3. The van der Waals surface area contributed by atoms with Gasteiger partial charge in [-0.15, -0.1) is 0 Å². The standard InChI is InChI=1S/C23H36N4O4/c1-30-21-4-2-18(3-5-21)26-12-10-25(11-13-26)9-8-24-23(29)22-16-20(28)17-27(22)19-6-14-31-15-7-19/h2-5,19-20,22,28H,6-17H2,1H3,(H,24,29)/t20-,22+/m1/s1. The fourth-order valence-electron chi connectivity index (χ4n) is 4.99. The number of hydrogen-bond donors (Lipinski definition) is 2. The summed E-state index contributed by atoms with van der Waals surface area (Å²) >= 11 is 0. The number of rotatable bonds is 7. The number of β-amino-alcohol motifs (C(OH)–C–C–N with tert-alkyl or cyclic N) is 1. The van der Waals surface area contributed by atoms with Crippen molar-refractivity contribution in [1.29, 1.82) is 0 Å². The highest BCUT2D eigenvalue weighted by Gasteiger charge is 2.40. The fraction of sp³-hybridized carbons (Fsp3) is 0.696. The molecule has 0 aliphatic carbocycles. The van der Waals surface area contributed by atoms with Crippen LogP contribution in [0.25, 0.3) is 0 Å². The van der Waals surface area contributed by atoms with Crippen LogP contribution in [0.2, 0.25) is 0 Å². The molecule has 0 aromatic heterocycles. The number of likely N-dealkylation sites (tertiary alicyclic amines) is 1. The predicted molar refractivity (Wildman–Crippen MR) is 120 cm³/mol. The van der Waals surface area contributed by atoms with Crippen molar-refractivity contribution in [3.05, 3.63) is 24.3 Å². The van der Waals surface area contributed by atoms with Crippen LogP contribution in [0.15, 0.2) is 24.3 Å². The van der Waals surface area contributed by atoms with Gasteiger partial charge in [0.2, 0.25) is 5.91 Å². The molecule has 4 rings (SSSR count). The predicted octanol–water partition coefficient (Wildman–Crippen LogP) is 0.548.